The number of hydrogen-bond acceptors (Lipinski definition) is 3. The molecule has 0 aromatic rings. The minimum Gasteiger partial charge on any atom is -0.376 e. The van der Waals surface area contributed by atoms with Crippen LogP contribution in [0.4, 0.5) is 0 Å². The molecule has 0 amide bonds. The molecule has 76 valence electrons. The number of likely N-dealkylation sites (tertiary alicyclic amines) is 1. The van der Waals surface area contributed by atoms with E-state index in [2.05, 4.69) is 11.8 Å². The van der Waals surface area contributed by atoms with Crippen LogP contribution in [0.2, 0.25) is 0 Å². The van der Waals surface area contributed by atoms with Gasteiger partial charge in [-0.05, 0) is 26.2 Å². The maximum Gasteiger partial charge on any atom is 0.0903 e. The highest BCUT2D eigenvalue weighted by molar-refractivity contribution is 5.07. The molecule has 13 heavy (non-hydrogen) atoms. The van der Waals surface area contributed by atoms with Crippen LogP contribution in [0.15, 0.2) is 0 Å². The molecule has 0 atom stereocenters. The van der Waals surface area contributed by atoms with Gasteiger partial charge < -0.3 is 10.5 Å². The van der Waals surface area contributed by atoms with E-state index in [4.69, 9.17) is 10.5 Å². The molecule has 3 nitrogen and oxygen atoms in total. The van der Waals surface area contributed by atoms with Crippen molar-refractivity contribution in [2.75, 3.05) is 26.7 Å². The van der Waals surface area contributed by atoms with Gasteiger partial charge in [-0.15, -0.1) is 0 Å². The Kier molecular flexibility index (Phi) is 2.13. The number of nitrogens with two attached hydrogens (primary N) is 1. The highest BCUT2D eigenvalue weighted by Gasteiger charge is 2.51. The molecule has 1 saturated carbocycles. The lowest BCUT2D eigenvalue weighted by molar-refractivity contribution is -0.165. The summed E-state index contributed by atoms with van der Waals surface area (Å²) >= 11 is 0. The summed E-state index contributed by atoms with van der Waals surface area (Å²) < 4.78 is 5.43. The molecule has 0 aromatic carbocycles. The average Bonchev–Trinajstić information content (AvgIpc) is 2.00. The van der Waals surface area contributed by atoms with Crippen LogP contribution in [0.25, 0.3) is 0 Å². The summed E-state index contributed by atoms with van der Waals surface area (Å²) in [5, 5.41) is 0. The summed E-state index contributed by atoms with van der Waals surface area (Å²) in [6.07, 6.45) is 3.91. The molecule has 2 rings (SSSR count). The van der Waals surface area contributed by atoms with Crippen LogP contribution in [-0.2, 0) is 4.74 Å². The molecule has 1 saturated heterocycles. The highest BCUT2D eigenvalue weighted by Crippen LogP contribution is 2.42. The van der Waals surface area contributed by atoms with Crippen LogP contribution in [0.1, 0.15) is 26.2 Å². The van der Waals surface area contributed by atoms with E-state index in [1.54, 1.807) is 7.11 Å². The Labute approximate surface area is 80.2 Å². The van der Waals surface area contributed by atoms with E-state index in [0.29, 0.717) is 5.54 Å². The van der Waals surface area contributed by atoms with Crippen molar-refractivity contribution in [3.63, 3.8) is 0 Å². The highest BCUT2D eigenvalue weighted by atomic mass is 16.5. The van der Waals surface area contributed by atoms with Crippen LogP contribution in [0.3, 0.4) is 0 Å². The van der Waals surface area contributed by atoms with Crippen molar-refractivity contribution < 1.29 is 4.74 Å². The monoisotopic (exact) mass is 184 g/mol. The first-order chi connectivity index (χ1) is 6.14. The number of hydrogen-bond donors (Lipinski definition) is 1. The van der Waals surface area contributed by atoms with Crippen LogP contribution in [-0.4, -0.2) is 42.8 Å². The number of rotatable bonds is 3. The standard InChI is InChI=1S/C10H20N2O/c1-9(13-2)7-12(8-9)10(6-11)4-3-5-10/h3-8,11H2,1-2H3. The molecule has 1 aliphatic carbocycles. The zero-order chi connectivity index (χ0) is 9.53. The van der Waals surface area contributed by atoms with Crippen molar-refractivity contribution in [3.05, 3.63) is 0 Å². The Morgan fingerprint density at radius 1 is 1.38 bits per heavy atom. The van der Waals surface area contributed by atoms with Gasteiger partial charge in [0.1, 0.15) is 0 Å². The van der Waals surface area contributed by atoms with Gasteiger partial charge in [-0.2, -0.15) is 0 Å². The molecular weight excluding hydrogens is 164 g/mol. The lowest BCUT2D eigenvalue weighted by Gasteiger charge is -2.59. The molecule has 2 N–H and O–H groups in total. The van der Waals surface area contributed by atoms with E-state index in [-0.39, 0.29) is 5.60 Å². The first kappa shape index (κ1) is 9.44. The van der Waals surface area contributed by atoms with Crippen molar-refractivity contribution in [3.8, 4) is 0 Å². The zero-order valence-electron chi connectivity index (χ0n) is 8.68. The SMILES string of the molecule is COC1(C)CN(C2(CN)CCC2)C1. The smallest absolute Gasteiger partial charge is 0.0903 e. The molecule has 2 fully saturated rings. The molecule has 0 aromatic heterocycles. The Bertz CT molecular complexity index is 190. The van der Waals surface area contributed by atoms with Crippen LogP contribution < -0.4 is 5.73 Å². The zero-order valence-corrected chi connectivity index (χ0v) is 8.68. The maximum absolute atomic E-state index is 5.83. The van der Waals surface area contributed by atoms with Crippen LogP contribution in [0, 0.1) is 0 Å². The minimum absolute atomic E-state index is 0.0950. The summed E-state index contributed by atoms with van der Waals surface area (Å²) in [4.78, 5) is 2.50. The van der Waals surface area contributed by atoms with E-state index in [9.17, 15) is 0 Å². The van der Waals surface area contributed by atoms with E-state index < -0.39 is 0 Å². The van der Waals surface area contributed by atoms with Crippen molar-refractivity contribution in [1.82, 2.24) is 4.90 Å². The van der Waals surface area contributed by atoms with Gasteiger partial charge in [-0.1, -0.05) is 0 Å². The third kappa shape index (κ3) is 1.30. The molecule has 0 bridgehead atoms. The van der Waals surface area contributed by atoms with Gasteiger partial charge in [-0.25, -0.2) is 0 Å². The Morgan fingerprint density at radius 3 is 2.31 bits per heavy atom. The second-order valence-electron chi connectivity index (χ2n) is 4.79. The van der Waals surface area contributed by atoms with Gasteiger partial charge in [0.15, 0.2) is 0 Å². The van der Waals surface area contributed by atoms with Gasteiger partial charge in [-0.3, -0.25) is 4.90 Å². The predicted molar refractivity (Wildman–Crippen MR) is 52.6 cm³/mol. The van der Waals surface area contributed by atoms with Crippen LogP contribution >= 0.6 is 0 Å². The summed E-state index contributed by atoms with van der Waals surface area (Å²) in [6, 6.07) is 0. The van der Waals surface area contributed by atoms with Gasteiger partial charge in [0.25, 0.3) is 0 Å². The van der Waals surface area contributed by atoms with E-state index in [1.165, 1.54) is 19.3 Å². The fourth-order valence-corrected chi connectivity index (χ4v) is 2.46. The van der Waals surface area contributed by atoms with Crippen LogP contribution in [0.5, 0.6) is 0 Å². The van der Waals surface area contributed by atoms with Gasteiger partial charge >= 0.3 is 0 Å². The Hall–Kier alpha value is -0.120. The average molecular weight is 184 g/mol. The molecule has 0 unspecified atom stereocenters. The third-order valence-corrected chi connectivity index (χ3v) is 3.88. The fourth-order valence-electron chi connectivity index (χ4n) is 2.46. The van der Waals surface area contributed by atoms with Crippen molar-refractivity contribution in [2.45, 2.75) is 37.3 Å². The molecule has 2 aliphatic rings. The molecule has 1 heterocycles. The quantitative estimate of drug-likeness (QED) is 0.697. The first-order valence-electron chi connectivity index (χ1n) is 5.14. The normalized spacial score (nSPS) is 30.7. The van der Waals surface area contributed by atoms with Crippen molar-refractivity contribution in [1.29, 1.82) is 0 Å². The summed E-state index contributed by atoms with van der Waals surface area (Å²) in [7, 11) is 1.80. The lowest BCUT2D eigenvalue weighted by atomic mass is 9.72. The van der Waals surface area contributed by atoms with Crippen molar-refractivity contribution in [2.24, 2.45) is 5.73 Å². The predicted octanol–water partition coefficient (Wildman–Crippen LogP) is 0.588. The molecule has 3 heteroatoms. The Balaban J connectivity index is 1.91. The molecule has 0 spiro atoms. The minimum atomic E-state index is 0.0950. The Morgan fingerprint density at radius 2 is 2.00 bits per heavy atom. The van der Waals surface area contributed by atoms with Crippen molar-refractivity contribution >= 4 is 0 Å². The summed E-state index contributed by atoms with van der Waals surface area (Å²) in [5.74, 6) is 0. The molecule has 1 aliphatic heterocycles. The van der Waals surface area contributed by atoms with E-state index in [1.807, 2.05) is 0 Å². The fraction of sp³-hybridized carbons (Fsp3) is 1.00. The number of methoxy groups -OCH3 is 1. The van der Waals surface area contributed by atoms with E-state index in [0.717, 1.165) is 19.6 Å². The largest absolute Gasteiger partial charge is 0.376 e. The lowest BCUT2D eigenvalue weighted by Crippen LogP contribution is -2.72. The topological polar surface area (TPSA) is 38.5 Å². The second-order valence-corrected chi connectivity index (χ2v) is 4.79. The van der Waals surface area contributed by atoms with Gasteiger partial charge in [0, 0.05) is 32.3 Å². The summed E-state index contributed by atoms with van der Waals surface area (Å²) in [6.45, 7) is 5.10. The summed E-state index contributed by atoms with van der Waals surface area (Å²) in [5.41, 5.74) is 6.27. The molecule has 0 radical (unpaired) electrons. The first-order valence-corrected chi connectivity index (χ1v) is 5.14. The van der Waals surface area contributed by atoms with Gasteiger partial charge in [0.05, 0.1) is 5.60 Å². The maximum atomic E-state index is 5.83. The third-order valence-electron chi connectivity index (χ3n) is 3.88. The number of nitrogens with zero attached hydrogens (tertiary/aromatic N) is 1. The second kappa shape index (κ2) is 2.94. The molecular formula is C10H20N2O. The number of ether oxygens (including phenoxy) is 1. The van der Waals surface area contributed by atoms with E-state index >= 15 is 0 Å². The van der Waals surface area contributed by atoms with Gasteiger partial charge in [0.2, 0.25) is 0 Å².